The van der Waals surface area contributed by atoms with Crippen molar-refractivity contribution in [1.29, 1.82) is 0 Å². The van der Waals surface area contributed by atoms with Crippen LogP contribution in [0.25, 0.3) is 5.69 Å². The molecule has 1 heterocycles. The molecular weight excluding hydrogens is 186 g/mol. The van der Waals surface area contributed by atoms with Gasteiger partial charge in [0.15, 0.2) is 0 Å². The number of aromatic nitrogens is 2. The molecule has 1 aromatic heterocycles. The maximum atomic E-state index is 5.64. The van der Waals surface area contributed by atoms with Crippen LogP contribution in [0.1, 0.15) is 18.1 Å². The summed E-state index contributed by atoms with van der Waals surface area (Å²) in [5.74, 6) is 0. The third kappa shape index (κ3) is 1.92. The zero-order valence-electron chi connectivity index (χ0n) is 8.85. The first-order valence-electron chi connectivity index (χ1n) is 5.15. The minimum absolute atomic E-state index is 0.575. The minimum atomic E-state index is 0.575. The van der Waals surface area contributed by atoms with Gasteiger partial charge in [0.1, 0.15) is 0 Å². The van der Waals surface area contributed by atoms with Crippen LogP contribution in [-0.2, 0) is 13.0 Å². The van der Waals surface area contributed by atoms with Crippen molar-refractivity contribution in [2.75, 3.05) is 0 Å². The molecule has 0 fully saturated rings. The first-order valence-corrected chi connectivity index (χ1v) is 5.15. The molecule has 0 spiro atoms. The van der Waals surface area contributed by atoms with E-state index in [0.29, 0.717) is 6.54 Å². The van der Waals surface area contributed by atoms with Gasteiger partial charge in [-0.1, -0.05) is 19.1 Å². The van der Waals surface area contributed by atoms with Crippen LogP contribution in [0.4, 0.5) is 0 Å². The second-order valence-electron chi connectivity index (χ2n) is 3.49. The maximum absolute atomic E-state index is 5.64. The zero-order valence-corrected chi connectivity index (χ0v) is 8.85. The predicted octanol–water partition coefficient (Wildman–Crippen LogP) is 1.89. The van der Waals surface area contributed by atoms with Gasteiger partial charge in [0.25, 0.3) is 0 Å². The molecule has 0 aliphatic rings. The SMILES string of the molecule is CCc1ccc(CN)cc1-n1ccnc1. The number of aryl methyl sites for hydroxylation is 1. The molecule has 0 amide bonds. The predicted molar refractivity (Wildman–Crippen MR) is 60.8 cm³/mol. The first-order chi connectivity index (χ1) is 7.35. The molecule has 0 bridgehead atoms. The Morgan fingerprint density at radius 3 is 2.87 bits per heavy atom. The Hall–Kier alpha value is -1.61. The van der Waals surface area contributed by atoms with Gasteiger partial charge in [-0.3, -0.25) is 0 Å². The molecule has 15 heavy (non-hydrogen) atoms. The molecular formula is C12H15N3. The number of nitrogens with two attached hydrogens (primary N) is 1. The van der Waals surface area contributed by atoms with Crippen molar-refractivity contribution in [2.45, 2.75) is 19.9 Å². The number of rotatable bonds is 3. The summed E-state index contributed by atoms with van der Waals surface area (Å²) in [5, 5.41) is 0. The molecule has 0 saturated heterocycles. The molecule has 2 aromatic rings. The van der Waals surface area contributed by atoms with Crippen LogP contribution in [0, 0.1) is 0 Å². The molecule has 0 saturated carbocycles. The molecule has 0 atom stereocenters. The van der Waals surface area contributed by atoms with Gasteiger partial charge in [0.2, 0.25) is 0 Å². The van der Waals surface area contributed by atoms with Gasteiger partial charge in [-0.15, -0.1) is 0 Å². The van der Waals surface area contributed by atoms with Crippen molar-refractivity contribution in [3.05, 3.63) is 48.0 Å². The highest BCUT2D eigenvalue weighted by atomic mass is 15.0. The average Bonchev–Trinajstić information content (AvgIpc) is 2.81. The van der Waals surface area contributed by atoms with E-state index in [1.165, 1.54) is 11.3 Å². The molecule has 2 rings (SSSR count). The molecule has 78 valence electrons. The summed E-state index contributed by atoms with van der Waals surface area (Å²) < 4.78 is 2.03. The molecule has 3 nitrogen and oxygen atoms in total. The van der Waals surface area contributed by atoms with Gasteiger partial charge in [-0.05, 0) is 23.6 Å². The van der Waals surface area contributed by atoms with Gasteiger partial charge in [-0.2, -0.15) is 0 Å². The van der Waals surface area contributed by atoms with Crippen molar-refractivity contribution in [3.8, 4) is 5.69 Å². The van der Waals surface area contributed by atoms with E-state index in [1.807, 2.05) is 17.1 Å². The van der Waals surface area contributed by atoms with Gasteiger partial charge < -0.3 is 10.3 Å². The van der Waals surface area contributed by atoms with Crippen molar-refractivity contribution >= 4 is 0 Å². The van der Waals surface area contributed by atoms with E-state index in [4.69, 9.17) is 5.73 Å². The Bertz CT molecular complexity index is 432. The van der Waals surface area contributed by atoms with Crippen molar-refractivity contribution in [3.63, 3.8) is 0 Å². The normalized spacial score (nSPS) is 10.5. The third-order valence-electron chi connectivity index (χ3n) is 2.55. The number of imidazole rings is 1. The molecule has 0 aliphatic carbocycles. The summed E-state index contributed by atoms with van der Waals surface area (Å²) in [6.45, 7) is 2.73. The van der Waals surface area contributed by atoms with Crippen molar-refractivity contribution in [2.24, 2.45) is 5.73 Å². The highest BCUT2D eigenvalue weighted by molar-refractivity contribution is 5.44. The van der Waals surface area contributed by atoms with Crippen molar-refractivity contribution in [1.82, 2.24) is 9.55 Å². The molecule has 3 heteroatoms. The topological polar surface area (TPSA) is 43.8 Å². The van der Waals surface area contributed by atoms with E-state index in [-0.39, 0.29) is 0 Å². The van der Waals surface area contributed by atoms with Crippen LogP contribution in [-0.4, -0.2) is 9.55 Å². The second kappa shape index (κ2) is 4.28. The molecule has 1 aromatic carbocycles. The van der Waals surface area contributed by atoms with Crippen molar-refractivity contribution < 1.29 is 0 Å². The number of nitrogens with zero attached hydrogens (tertiary/aromatic N) is 2. The van der Waals surface area contributed by atoms with E-state index in [9.17, 15) is 0 Å². The van der Waals surface area contributed by atoms with E-state index >= 15 is 0 Å². The highest BCUT2D eigenvalue weighted by Crippen LogP contribution is 2.17. The van der Waals surface area contributed by atoms with Gasteiger partial charge in [0.05, 0.1) is 6.33 Å². The number of hydrogen-bond donors (Lipinski definition) is 1. The summed E-state index contributed by atoms with van der Waals surface area (Å²) in [4.78, 5) is 4.06. The third-order valence-corrected chi connectivity index (χ3v) is 2.55. The summed E-state index contributed by atoms with van der Waals surface area (Å²) in [6, 6.07) is 6.34. The largest absolute Gasteiger partial charge is 0.326 e. The van der Waals surface area contributed by atoms with Crippen LogP contribution >= 0.6 is 0 Å². The Morgan fingerprint density at radius 2 is 2.27 bits per heavy atom. The Kier molecular flexibility index (Phi) is 2.83. The fourth-order valence-electron chi connectivity index (χ4n) is 1.68. The summed E-state index contributed by atoms with van der Waals surface area (Å²) >= 11 is 0. The summed E-state index contributed by atoms with van der Waals surface area (Å²) in [5.41, 5.74) is 9.28. The summed E-state index contributed by atoms with van der Waals surface area (Å²) in [7, 11) is 0. The standard InChI is InChI=1S/C12H15N3/c1-2-11-4-3-10(8-13)7-12(11)15-6-5-14-9-15/h3-7,9H,2,8,13H2,1H3. The van der Waals surface area contributed by atoms with Crippen LogP contribution in [0.5, 0.6) is 0 Å². The van der Waals surface area contributed by atoms with Gasteiger partial charge in [-0.25, -0.2) is 4.98 Å². The first kappa shape index (κ1) is 9.93. The minimum Gasteiger partial charge on any atom is -0.326 e. The Morgan fingerprint density at radius 1 is 1.40 bits per heavy atom. The maximum Gasteiger partial charge on any atom is 0.0991 e. The van der Waals surface area contributed by atoms with Gasteiger partial charge in [0, 0.05) is 24.6 Å². The zero-order chi connectivity index (χ0) is 10.7. The fraction of sp³-hybridized carbons (Fsp3) is 0.250. The van der Waals surface area contributed by atoms with E-state index in [0.717, 1.165) is 12.0 Å². The fourth-order valence-corrected chi connectivity index (χ4v) is 1.68. The van der Waals surface area contributed by atoms with E-state index in [2.05, 4.69) is 30.1 Å². The smallest absolute Gasteiger partial charge is 0.0991 e. The van der Waals surface area contributed by atoms with Crippen LogP contribution in [0.2, 0.25) is 0 Å². The van der Waals surface area contributed by atoms with Crippen LogP contribution in [0.3, 0.4) is 0 Å². The highest BCUT2D eigenvalue weighted by Gasteiger charge is 2.03. The number of hydrogen-bond acceptors (Lipinski definition) is 2. The molecule has 0 radical (unpaired) electrons. The lowest BCUT2D eigenvalue weighted by molar-refractivity contribution is 0.982. The summed E-state index contributed by atoms with van der Waals surface area (Å²) in [6.07, 6.45) is 6.57. The van der Waals surface area contributed by atoms with Crippen LogP contribution < -0.4 is 5.73 Å². The molecule has 0 unspecified atom stereocenters. The lowest BCUT2D eigenvalue weighted by Crippen LogP contribution is -2.01. The monoisotopic (exact) mass is 201 g/mol. The Labute approximate surface area is 89.6 Å². The van der Waals surface area contributed by atoms with Crippen LogP contribution in [0.15, 0.2) is 36.9 Å². The lowest BCUT2D eigenvalue weighted by atomic mass is 10.1. The Balaban J connectivity index is 2.52. The number of benzene rings is 1. The quantitative estimate of drug-likeness (QED) is 0.824. The van der Waals surface area contributed by atoms with E-state index in [1.54, 1.807) is 6.20 Å². The molecule has 2 N–H and O–H groups in total. The average molecular weight is 201 g/mol. The lowest BCUT2D eigenvalue weighted by Gasteiger charge is -2.10. The molecule has 0 aliphatic heterocycles. The second-order valence-corrected chi connectivity index (χ2v) is 3.49. The van der Waals surface area contributed by atoms with Gasteiger partial charge >= 0.3 is 0 Å². The van der Waals surface area contributed by atoms with E-state index < -0.39 is 0 Å².